The van der Waals surface area contributed by atoms with Crippen molar-refractivity contribution in [3.05, 3.63) is 24.2 Å². The maximum atomic E-state index is 5.96. The highest BCUT2D eigenvalue weighted by atomic mass is 16.5. The summed E-state index contributed by atoms with van der Waals surface area (Å²) in [6.07, 6.45) is 5.27. The van der Waals surface area contributed by atoms with Crippen LogP contribution in [-0.4, -0.2) is 60.3 Å². The number of anilines is 3. The van der Waals surface area contributed by atoms with Gasteiger partial charge in [0.05, 0.1) is 19.9 Å². The normalized spacial score (nSPS) is 14.2. The molecular weight excluding hydrogens is 344 g/mol. The molecule has 0 radical (unpaired) electrons. The molecule has 1 saturated heterocycles. The van der Waals surface area contributed by atoms with E-state index in [0.29, 0.717) is 35.6 Å². The molecule has 1 aliphatic rings. The van der Waals surface area contributed by atoms with Crippen molar-refractivity contribution >= 4 is 17.5 Å². The number of methoxy groups -OCH3 is 1. The molecule has 3 heterocycles. The summed E-state index contributed by atoms with van der Waals surface area (Å²) < 4.78 is 11.3. The van der Waals surface area contributed by atoms with Crippen molar-refractivity contribution in [3.63, 3.8) is 0 Å². The summed E-state index contributed by atoms with van der Waals surface area (Å²) in [6, 6.07) is 3.67. The van der Waals surface area contributed by atoms with Crippen molar-refractivity contribution in [2.24, 2.45) is 0 Å². The molecule has 0 aromatic carbocycles. The van der Waals surface area contributed by atoms with Crippen LogP contribution in [0.5, 0.6) is 11.5 Å². The third-order valence-electron chi connectivity index (χ3n) is 4.48. The first-order chi connectivity index (χ1) is 13.2. The molecule has 0 amide bonds. The Balaban J connectivity index is 1.62. The molecule has 27 heavy (non-hydrogen) atoms. The lowest BCUT2D eigenvalue weighted by atomic mass is 10.3. The molecule has 0 unspecified atom stereocenters. The molecule has 1 fully saturated rings. The van der Waals surface area contributed by atoms with Crippen LogP contribution in [0.15, 0.2) is 18.3 Å². The van der Waals surface area contributed by atoms with E-state index in [1.54, 1.807) is 13.3 Å². The Bertz CT molecular complexity index is 749. The van der Waals surface area contributed by atoms with Gasteiger partial charge in [0.2, 0.25) is 0 Å². The second-order valence-electron chi connectivity index (χ2n) is 6.53. The van der Waals surface area contributed by atoms with Crippen LogP contribution in [0.1, 0.15) is 25.1 Å². The first-order valence-electron chi connectivity index (χ1n) is 9.37. The lowest BCUT2D eigenvalue weighted by Crippen LogP contribution is -2.22. The molecule has 3 rings (SSSR count). The topological polar surface area (TPSA) is 84.4 Å². The van der Waals surface area contributed by atoms with Gasteiger partial charge < -0.3 is 25.0 Å². The summed E-state index contributed by atoms with van der Waals surface area (Å²) >= 11 is 0. The highest BCUT2D eigenvalue weighted by Gasteiger charge is 2.12. The first kappa shape index (κ1) is 19.2. The van der Waals surface area contributed by atoms with E-state index in [4.69, 9.17) is 9.47 Å². The van der Waals surface area contributed by atoms with Gasteiger partial charge in [-0.2, -0.15) is 0 Å². The van der Waals surface area contributed by atoms with Crippen LogP contribution >= 0.6 is 0 Å². The molecule has 2 N–H and O–H groups in total. The minimum Gasteiger partial charge on any atom is -0.491 e. The smallest absolute Gasteiger partial charge is 0.179 e. The van der Waals surface area contributed by atoms with Crippen LogP contribution in [0.4, 0.5) is 17.5 Å². The van der Waals surface area contributed by atoms with Crippen molar-refractivity contribution in [1.82, 2.24) is 19.9 Å². The minimum atomic E-state index is 0.622. The van der Waals surface area contributed by atoms with Gasteiger partial charge in [-0.15, -0.1) is 0 Å². The van der Waals surface area contributed by atoms with Crippen molar-refractivity contribution < 1.29 is 9.47 Å². The zero-order valence-electron chi connectivity index (χ0n) is 16.3. The predicted molar refractivity (Wildman–Crippen MR) is 106 cm³/mol. The van der Waals surface area contributed by atoms with Crippen LogP contribution in [0.25, 0.3) is 0 Å². The molecule has 0 spiro atoms. The summed E-state index contributed by atoms with van der Waals surface area (Å²) in [5.41, 5.74) is 0. The zero-order valence-corrected chi connectivity index (χ0v) is 16.3. The van der Waals surface area contributed by atoms with Gasteiger partial charge in [0.15, 0.2) is 11.5 Å². The van der Waals surface area contributed by atoms with Gasteiger partial charge >= 0.3 is 0 Å². The van der Waals surface area contributed by atoms with Crippen molar-refractivity contribution in [2.45, 2.75) is 26.2 Å². The Morgan fingerprint density at radius 1 is 1.07 bits per heavy atom. The number of aryl methyl sites for hydroxylation is 1. The van der Waals surface area contributed by atoms with Crippen LogP contribution < -0.4 is 20.1 Å². The number of nitrogens with one attached hydrogen (secondary N) is 2. The average Bonchev–Trinajstić information content (AvgIpc) is 3.18. The van der Waals surface area contributed by atoms with E-state index in [1.165, 1.54) is 25.9 Å². The fourth-order valence-electron chi connectivity index (χ4n) is 3.13. The molecule has 8 heteroatoms. The SMILES string of the molecule is CNc1cc(Nc2cc(OCCCN3CCCC3)c(OC)cn2)nc(C)n1. The lowest BCUT2D eigenvalue weighted by molar-refractivity contribution is 0.254. The fraction of sp³-hybridized carbons (Fsp3) is 0.526. The summed E-state index contributed by atoms with van der Waals surface area (Å²) in [7, 11) is 3.44. The van der Waals surface area contributed by atoms with E-state index >= 15 is 0 Å². The van der Waals surface area contributed by atoms with Crippen molar-refractivity contribution in [2.75, 3.05) is 51.0 Å². The largest absolute Gasteiger partial charge is 0.491 e. The molecule has 1 aliphatic heterocycles. The minimum absolute atomic E-state index is 0.622. The second kappa shape index (κ2) is 9.36. The van der Waals surface area contributed by atoms with Gasteiger partial charge in [-0.1, -0.05) is 0 Å². The number of hydrogen-bond donors (Lipinski definition) is 2. The molecule has 2 aromatic rings. The fourth-order valence-corrected chi connectivity index (χ4v) is 3.13. The standard InChI is InChI=1S/C19H28N6O2/c1-14-22-17(20-2)12-19(23-14)24-18-11-15(16(26-3)13-21-18)27-10-6-9-25-7-4-5-8-25/h11-13H,4-10H2,1-3H3,(H2,20,21,22,23,24). The van der Waals surface area contributed by atoms with E-state index in [0.717, 1.165) is 18.8 Å². The van der Waals surface area contributed by atoms with E-state index in [-0.39, 0.29) is 0 Å². The van der Waals surface area contributed by atoms with Crippen LogP contribution in [0, 0.1) is 6.92 Å². The van der Waals surface area contributed by atoms with Gasteiger partial charge in [-0.05, 0) is 39.3 Å². The number of likely N-dealkylation sites (tertiary alicyclic amines) is 1. The third-order valence-corrected chi connectivity index (χ3v) is 4.48. The maximum Gasteiger partial charge on any atom is 0.179 e. The van der Waals surface area contributed by atoms with Crippen LogP contribution in [-0.2, 0) is 0 Å². The number of hydrogen-bond acceptors (Lipinski definition) is 8. The van der Waals surface area contributed by atoms with E-state index in [9.17, 15) is 0 Å². The maximum absolute atomic E-state index is 5.96. The van der Waals surface area contributed by atoms with Gasteiger partial charge in [-0.3, -0.25) is 0 Å². The Hall–Kier alpha value is -2.61. The Morgan fingerprint density at radius 2 is 1.85 bits per heavy atom. The molecular formula is C19H28N6O2. The quantitative estimate of drug-likeness (QED) is 0.650. The zero-order chi connectivity index (χ0) is 19.1. The number of rotatable bonds is 9. The Morgan fingerprint density at radius 3 is 2.59 bits per heavy atom. The monoisotopic (exact) mass is 372 g/mol. The summed E-state index contributed by atoms with van der Waals surface area (Å²) in [5.74, 6) is 4.04. The van der Waals surface area contributed by atoms with Crippen molar-refractivity contribution in [1.29, 1.82) is 0 Å². The first-order valence-corrected chi connectivity index (χ1v) is 9.37. The molecule has 0 atom stereocenters. The van der Waals surface area contributed by atoms with Gasteiger partial charge in [0.1, 0.15) is 23.3 Å². The molecule has 0 saturated carbocycles. The summed E-state index contributed by atoms with van der Waals surface area (Å²) in [5, 5.41) is 6.22. The number of pyridine rings is 1. The highest BCUT2D eigenvalue weighted by Crippen LogP contribution is 2.29. The van der Waals surface area contributed by atoms with Crippen LogP contribution in [0.2, 0.25) is 0 Å². The Kier molecular flexibility index (Phi) is 6.64. The summed E-state index contributed by atoms with van der Waals surface area (Å²) in [4.78, 5) is 15.5. The lowest BCUT2D eigenvalue weighted by Gasteiger charge is -2.16. The molecule has 2 aromatic heterocycles. The number of nitrogens with zero attached hydrogens (tertiary/aromatic N) is 4. The third kappa shape index (κ3) is 5.43. The number of aromatic nitrogens is 3. The van der Waals surface area contributed by atoms with Crippen molar-refractivity contribution in [3.8, 4) is 11.5 Å². The summed E-state index contributed by atoms with van der Waals surface area (Å²) in [6.45, 7) is 5.99. The van der Waals surface area contributed by atoms with Gasteiger partial charge in [0.25, 0.3) is 0 Å². The predicted octanol–water partition coefficient (Wildman–Crippen LogP) is 2.84. The van der Waals surface area contributed by atoms with Crippen LogP contribution in [0.3, 0.4) is 0 Å². The highest BCUT2D eigenvalue weighted by molar-refractivity contribution is 5.59. The second-order valence-corrected chi connectivity index (χ2v) is 6.53. The Labute approximate surface area is 160 Å². The van der Waals surface area contributed by atoms with E-state index < -0.39 is 0 Å². The molecule has 8 nitrogen and oxygen atoms in total. The molecule has 0 bridgehead atoms. The van der Waals surface area contributed by atoms with E-state index in [2.05, 4.69) is 30.5 Å². The van der Waals surface area contributed by atoms with Gasteiger partial charge in [-0.25, -0.2) is 15.0 Å². The average molecular weight is 372 g/mol. The molecule has 146 valence electrons. The van der Waals surface area contributed by atoms with E-state index in [1.807, 2.05) is 26.1 Å². The molecule has 0 aliphatic carbocycles. The number of ether oxygens (including phenoxy) is 2. The van der Waals surface area contributed by atoms with Gasteiger partial charge in [0, 0.05) is 25.7 Å².